The van der Waals surface area contributed by atoms with E-state index in [1.54, 1.807) is 48.5 Å². The molecule has 0 aliphatic carbocycles. The van der Waals surface area contributed by atoms with Crippen LogP contribution in [0.2, 0.25) is 0 Å². The van der Waals surface area contributed by atoms with Gasteiger partial charge in [0.05, 0.1) is 21.8 Å². The van der Waals surface area contributed by atoms with E-state index < -0.39 is 10.0 Å². The van der Waals surface area contributed by atoms with E-state index >= 15 is 0 Å². The van der Waals surface area contributed by atoms with Crippen molar-refractivity contribution in [2.75, 3.05) is 4.72 Å². The highest BCUT2D eigenvalue weighted by Crippen LogP contribution is 2.43. The average molecular weight is 450 g/mol. The molecule has 0 fully saturated rings. The third kappa shape index (κ3) is 3.56. The van der Waals surface area contributed by atoms with Crippen LogP contribution in [-0.4, -0.2) is 33.5 Å². The molecule has 3 N–H and O–H groups in total. The van der Waals surface area contributed by atoms with E-state index in [4.69, 9.17) is 0 Å². The van der Waals surface area contributed by atoms with Crippen molar-refractivity contribution in [2.45, 2.75) is 14.8 Å². The van der Waals surface area contributed by atoms with Gasteiger partial charge in [-0.05, 0) is 18.2 Å². The van der Waals surface area contributed by atoms with Gasteiger partial charge in [-0.25, -0.2) is 23.4 Å². The number of phenols is 1. The molecule has 2 aromatic heterocycles. The summed E-state index contributed by atoms with van der Waals surface area (Å²) < 4.78 is 28.5. The van der Waals surface area contributed by atoms with Gasteiger partial charge in [0.2, 0.25) is 0 Å². The number of anilines is 1. The Bertz CT molecular complexity index is 1520. The SMILES string of the molecule is O=S(=O)(Nc1cc(Sc2ncnc3nc[nH]c23)c(O)c2ccccc12)c1ccccc1. The number of aromatic hydroxyl groups is 1. The van der Waals surface area contributed by atoms with Crippen LogP contribution in [0.5, 0.6) is 5.75 Å². The molecule has 5 rings (SSSR count). The zero-order valence-electron chi connectivity index (χ0n) is 15.9. The van der Waals surface area contributed by atoms with Crippen LogP contribution in [-0.2, 0) is 10.0 Å². The van der Waals surface area contributed by atoms with E-state index in [1.807, 2.05) is 0 Å². The monoisotopic (exact) mass is 449 g/mol. The van der Waals surface area contributed by atoms with Gasteiger partial charge in [0.25, 0.3) is 10.0 Å². The van der Waals surface area contributed by atoms with Crippen molar-refractivity contribution >= 4 is 49.4 Å². The number of phenolic OH excluding ortho intramolecular Hbond substituents is 1. The Kier molecular flexibility index (Phi) is 4.72. The van der Waals surface area contributed by atoms with E-state index in [0.717, 1.165) is 0 Å². The number of aromatic amines is 1. The van der Waals surface area contributed by atoms with E-state index in [1.165, 1.54) is 36.5 Å². The molecule has 154 valence electrons. The standard InChI is InChI=1S/C21H15N5O3S2/c27-19-15-9-5-4-8-14(15)16(26-31(28,29)13-6-2-1-3-7-13)10-17(19)30-21-18-20(23-11-22-18)24-12-25-21/h1-12,26-27H,(H,22,23,24,25). The zero-order valence-corrected chi connectivity index (χ0v) is 17.5. The molecular weight excluding hydrogens is 434 g/mol. The Labute approximate surface area is 181 Å². The second kappa shape index (κ2) is 7.56. The van der Waals surface area contributed by atoms with Crippen molar-refractivity contribution in [3.05, 3.63) is 73.3 Å². The Morgan fingerprint density at radius 3 is 2.48 bits per heavy atom. The molecule has 0 radical (unpaired) electrons. The summed E-state index contributed by atoms with van der Waals surface area (Å²) in [5.74, 6) is 0.0366. The lowest BCUT2D eigenvalue weighted by molar-refractivity contribution is 0.469. The molecule has 10 heteroatoms. The fourth-order valence-electron chi connectivity index (χ4n) is 3.22. The first-order chi connectivity index (χ1) is 15.0. The number of hydrogen-bond donors (Lipinski definition) is 3. The van der Waals surface area contributed by atoms with E-state index in [2.05, 4.69) is 24.7 Å². The van der Waals surface area contributed by atoms with E-state index in [0.29, 0.717) is 37.5 Å². The molecule has 2 heterocycles. The predicted molar refractivity (Wildman–Crippen MR) is 119 cm³/mol. The Hall–Kier alpha value is -3.63. The van der Waals surface area contributed by atoms with Crippen LogP contribution in [0.15, 0.2) is 88.1 Å². The molecule has 0 spiro atoms. The summed E-state index contributed by atoms with van der Waals surface area (Å²) in [4.78, 5) is 16.1. The number of H-pyrrole nitrogens is 1. The predicted octanol–water partition coefficient (Wildman–Crippen LogP) is 4.16. The molecule has 0 unspecified atom stereocenters. The van der Waals surface area contributed by atoms with Crippen LogP contribution in [0.3, 0.4) is 0 Å². The van der Waals surface area contributed by atoms with Crippen LogP contribution in [0.4, 0.5) is 5.69 Å². The van der Waals surface area contributed by atoms with E-state index in [-0.39, 0.29) is 10.6 Å². The van der Waals surface area contributed by atoms with Crippen molar-refractivity contribution in [3.63, 3.8) is 0 Å². The number of imidazole rings is 1. The van der Waals surface area contributed by atoms with Gasteiger partial charge in [-0.1, -0.05) is 54.2 Å². The molecule has 0 atom stereocenters. The van der Waals surface area contributed by atoms with Crippen LogP contribution in [0, 0.1) is 0 Å². The number of rotatable bonds is 5. The van der Waals surface area contributed by atoms with Gasteiger partial charge in [-0.3, -0.25) is 4.72 Å². The van der Waals surface area contributed by atoms with Gasteiger partial charge in [0, 0.05) is 10.8 Å². The molecular formula is C21H15N5O3S2. The fraction of sp³-hybridized carbons (Fsp3) is 0. The van der Waals surface area contributed by atoms with Crippen LogP contribution < -0.4 is 4.72 Å². The molecule has 8 nitrogen and oxygen atoms in total. The summed E-state index contributed by atoms with van der Waals surface area (Å²) >= 11 is 1.19. The first kappa shape index (κ1) is 19.3. The Balaban J connectivity index is 1.64. The summed E-state index contributed by atoms with van der Waals surface area (Å²) in [7, 11) is -3.82. The Morgan fingerprint density at radius 2 is 1.68 bits per heavy atom. The highest BCUT2D eigenvalue weighted by molar-refractivity contribution is 7.99. The third-order valence-corrected chi connectivity index (χ3v) is 7.09. The Morgan fingerprint density at radius 1 is 0.935 bits per heavy atom. The van der Waals surface area contributed by atoms with Gasteiger partial charge < -0.3 is 10.1 Å². The van der Waals surface area contributed by atoms with Crippen LogP contribution in [0.1, 0.15) is 0 Å². The average Bonchev–Trinajstić information content (AvgIpc) is 3.27. The van der Waals surface area contributed by atoms with Crippen molar-refractivity contribution in [2.24, 2.45) is 0 Å². The van der Waals surface area contributed by atoms with Gasteiger partial charge in [0.15, 0.2) is 5.65 Å². The normalized spacial score (nSPS) is 11.7. The second-order valence-corrected chi connectivity index (χ2v) is 9.33. The van der Waals surface area contributed by atoms with Crippen molar-refractivity contribution in [1.82, 2.24) is 19.9 Å². The summed E-state index contributed by atoms with van der Waals surface area (Å²) in [5, 5.41) is 12.6. The molecule has 5 aromatic rings. The summed E-state index contributed by atoms with van der Waals surface area (Å²) in [6, 6.07) is 16.8. The number of sulfonamides is 1. The lowest BCUT2D eigenvalue weighted by atomic mass is 10.1. The maximum atomic E-state index is 12.9. The maximum absolute atomic E-state index is 12.9. The van der Waals surface area contributed by atoms with E-state index in [9.17, 15) is 13.5 Å². The fourth-order valence-corrected chi connectivity index (χ4v) is 5.26. The number of fused-ring (bicyclic) bond motifs is 2. The number of nitrogens with one attached hydrogen (secondary N) is 2. The lowest BCUT2D eigenvalue weighted by Gasteiger charge is -2.15. The van der Waals surface area contributed by atoms with Crippen LogP contribution >= 0.6 is 11.8 Å². The van der Waals surface area contributed by atoms with Crippen molar-refractivity contribution in [1.29, 1.82) is 0 Å². The topological polar surface area (TPSA) is 121 Å². The molecule has 31 heavy (non-hydrogen) atoms. The van der Waals surface area contributed by atoms with Crippen molar-refractivity contribution < 1.29 is 13.5 Å². The highest BCUT2D eigenvalue weighted by Gasteiger charge is 2.19. The minimum absolute atomic E-state index is 0.0366. The van der Waals surface area contributed by atoms with Gasteiger partial charge in [-0.15, -0.1) is 0 Å². The number of hydrogen-bond acceptors (Lipinski definition) is 7. The molecule has 0 aliphatic rings. The van der Waals surface area contributed by atoms with Gasteiger partial charge in [-0.2, -0.15) is 0 Å². The minimum atomic E-state index is -3.82. The van der Waals surface area contributed by atoms with Crippen LogP contribution in [0.25, 0.3) is 21.9 Å². The van der Waals surface area contributed by atoms with Crippen molar-refractivity contribution in [3.8, 4) is 5.75 Å². The molecule has 0 saturated heterocycles. The molecule has 0 aliphatic heterocycles. The molecule has 3 aromatic carbocycles. The molecule has 0 bridgehead atoms. The molecule has 0 amide bonds. The second-order valence-electron chi connectivity index (χ2n) is 6.62. The minimum Gasteiger partial charge on any atom is -0.506 e. The lowest BCUT2D eigenvalue weighted by Crippen LogP contribution is -2.13. The number of benzene rings is 3. The summed E-state index contributed by atoms with van der Waals surface area (Å²) in [6.45, 7) is 0. The smallest absolute Gasteiger partial charge is 0.261 e. The quantitative estimate of drug-likeness (QED) is 0.272. The largest absolute Gasteiger partial charge is 0.506 e. The first-order valence-electron chi connectivity index (χ1n) is 9.17. The first-order valence-corrected chi connectivity index (χ1v) is 11.5. The third-order valence-electron chi connectivity index (χ3n) is 4.67. The zero-order chi connectivity index (χ0) is 21.4. The number of aromatic nitrogens is 4. The molecule has 0 saturated carbocycles. The highest BCUT2D eigenvalue weighted by atomic mass is 32.2. The number of nitrogens with zero attached hydrogens (tertiary/aromatic N) is 3. The summed E-state index contributed by atoms with van der Waals surface area (Å²) in [6.07, 6.45) is 2.91. The maximum Gasteiger partial charge on any atom is 0.261 e. The van der Waals surface area contributed by atoms with Gasteiger partial charge in [0.1, 0.15) is 22.6 Å². The van der Waals surface area contributed by atoms with Gasteiger partial charge >= 0.3 is 0 Å². The summed E-state index contributed by atoms with van der Waals surface area (Å²) in [5.41, 5.74) is 1.49.